The van der Waals surface area contributed by atoms with Crippen molar-refractivity contribution in [2.75, 3.05) is 11.6 Å². The van der Waals surface area contributed by atoms with E-state index in [4.69, 9.17) is 0 Å². The fraction of sp³-hybridized carbons (Fsp3) is 0.316. The minimum Gasteiger partial charge on any atom is -0.433 e. The number of halogens is 2. The van der Waals surface area contributed by atoms with Crippen LogP contribution in [0.2, 0.25) is 0 Å². The molecule has 0 fully saturated rings. The average Bonchev–Trinajstić information content (AvgIpc) is 2.62. The number of amides is 1. The molecule has 0 spiro atoms. The molecule has 2 N–H and O–H groups in total. The van der Waals surface area contributed by atoms with E-state index in [1.165, 1.54) is 12.1 Å². The van der Waals surface area contributed by atoms with Gasteiger partial charge in [0.05, 0.1) is 11.7 Å². The number of carbonyl (C=O) groups is 1. The molecule has 0 saturated heterocycles. The Labute approximate surface area is 159 Å². The van der Waals surface area contributed by atoms with Crippen molar-refractivity contribution in [1.82, 2.24) is 5.32 Å². The van der Waals surface area contributed by atoms with Crippen molar-refractivity contribution in [3.63, 3.8) is 0 Å². The lowest BCUT2D eigenvalue weighted by molar-refractivity contribution is -0.118. The Bertz CT molecular complexity index is 800. The van der Waals surface area contributed by atoms with Gasteiger partial charge in [0.1, 0.15) is 5.75 Å². The van der Waals surface area contributed by atoms with Crippen LogP contribution in [0.1, 0.15) is 25.5 Å². The van der Waals surface area contributed by atoms with E-state index in [-0.39, 0.29) is 23.4 Å². The molecule has 3 atom stereocenters. The third kappa shape index (κ3) is 6.11. The van der Waals surface area contributed by atoms with Gasteiger partial charge in [-0.25, -0.2) is 0 Å². The molecule has 0 aliphatic carbocycles. The van der Waals surface area contributed by atoms with Crippen LogP contribution >= 0.6 is 0 Å². The highest BCUT2D eigenvalue weighted by atomic mass is 32.2. The van der Waals surface area contributed by atoms with Crippen LogP contribution in [0.5, 0.6) is 5.75 Å². The summed E-state index contributed by atoms with van der Waals surface area (Å²) in [5.41, 5.74) is 1.11. The molecular weight excluding hydrogens is 374 g/mol. The summed E-state index contributed by atoms with van der Waals surface area (Å²) in [6.07, 6.45) is 1.61. The number of anilines is 1. The molecule has 0 bridgehead atoms. The van der Waals surface area contributed by atoms with Crippen molar-refractivity contribution in [3.8, 4) is 5.75 Å². The second-order valence-corrected chi connectivity index (χ2v) is 7.38. The van der Waals surface area contributed by atoms with Gasteiger partial charge in [-0.3, -0.25) is 14.3 Å². The van der Waals surface area contributed by atoms with Crippen LogP contribution in [0, 0.1) is 0 Å². The van der Waals surface area contributed by atoms with Gasteiger partial charge in [-0.1, -0.05) is 24.3 Å². The predicted molar refractivity (Wildman–Crippen MR) is 101 cm³/mol. The normalized spacial score (nSPS) is 14.4. The summed E-state index contributed by atoms with van der Waals surface area (Å²) in [5, 5.41) is 5.74. The van der Waals surface area contributed by atoms with Crippen LogP contribution < -0.4 is 15.4 Å². The number of rotatable bonds is 8. The molecule has 0 aromatic heterocycles. The molecule has 2 rings (SSSR count). The van der Waals surface area contributed by atoms with E-state index in [1.54, 1.807) is 37.4 Å². The van der Waals surface area contributed by atoms with Gasteiger partial charge >= 0.3 is 6.61 Å². The largest absolute Gasteiger partial charge is 0.433 e. The Morgan fingerprint density at radius 2 is 1.70 bits per heavy atom. The SMILES string of the molecule is C[C@H](N[C@@H](C)c1ccc([S@](C)=O)cc1)C(=O)Nc1ccccc1OC(F)F. The molecule has 146 valence electrons. The van der Waals surface area contributed by atoms with E-state index in [1.807, 2.05) is 19.1 Å². The van der Waals surface area contributed by atoms with E-state index < -0.39 is 23.5 Å². The lowest BCUT2D eigenvalue weighted by Crippen LogP contribution is -2.39. The molecule has 5 nitrogen and oxygen atoms in total. The highest BCUT2D eigenvalue weighted by Crippen LogP contribution is 2.25. The number of alkyl halides is 2. The van der Waals surface area contributed by atoms with Crippen LogP contribution in [0.3, 0.4) is 0 Å². The summed E-state index contributed by atoms with van der Waals surface area (Å²) in [6, 6.07) is 12.6. The Morgan fingerprint density at radius 3 is 2.30 bits per heavy atom. The number of ether oxygens (including phenoxy) is 1. The molecule has 1 amide bonds. The molecule has 0 saturated carbocycles. The fourth-order valence-electron chi connectivity index (χ4n) is 2.50. The Morgan fingerprint density at radius 1 is 1.07 bits per heavy atom. The van der Waals surface area contributed by atoms with Crippen molar-refractivity contribution in [1.29, 1.82) is 0 Å². The lowest BCUT2D eigenvalue weighted by atomic mass is 10.1. The summed E-state index contributed by atoms with van der Waals surface area (Å²) in [5.74, 6) is -0.470. The first-order valence-corrected chi connectivity index (χ1v) is 9.88. The van der Waals surface area contributed by atoms with Gasteiger partial charge in [0.25, 0.3) is 0 Å². The van der Waals surface area contributed by atoms with Crippen LogP contribution in [0.25, 0.3) is 0 Å². The molecule has 8 heteroatoms. The van der Waals surface area contributed by atoms with Crippen molar-refractivity contribution in [2.24, 2.45) is 0 Å². The number of para-hydroxylation sites is 2. The number of hydrogen-bond acceptors (Lipinski definition) is 4. The lowest BCUT2D eigenvalue weighted by Gasteiger charge is -2.21. The summed E-state index contributed by atoms with van der Waals surface area (Å²) in [4.78, 5) is 13.1. The van der Waals surface area contributed by atoms with Crippen molar-refractivity contribution in [2.45, 2.75) is 37.4 Å². The van der Waals surface area contributed by atoms with Crippen LogP contribution in [-0.4, -0.2) is 29.0 Å². The first-order valence-electron chi connectivity index (χ1n) is 8.32. The Kier molecular flexibility index (Phi) is 7.44. The Balaban J connectivity index is 2.00. The maximum atomic E-state index is 12.5. The maximum Gasteiger partial charge on any atom is 0.387 e. The minimum absolute atomic E-state index is 0.0933. The summed E-state index contributed by atoms with van der Waals surface area (Å²) in [6.45, 7) is 0.604. The highest BCUT2D eigenvalue weighted by Gasteiger charge is 2.18. The van der Waals surface area contributed by atoms with Gasteiger partial charge in [-0.05, 0) is 43.7 Å². The fourth-order valence-corrected chi connectivity index (χ4v) is 3.02. The van der Waals surface area contributed by atoms with Crippen molar-refractivity contribution in [3.05, 3.63) is 54.1 Å². The van der Waals surface area contributed by atoms with Gasteiger partial charge in [-0.2, -0.15) is 8.78 Å². The van der Waals surface area contributed by atoms with E-state index in [9.17, 15) is 17.8 Å². The molecule has 2 aromatic rings. The van der Waals surface area contributed by atoms with Gasteiger partial charge in [0.2, 0.25) is 5.91 Å². The standard InChI is InChI=1S/C19H22F2N2O3S/c1-12(14-8-10-15(11-9-14)27(3)25)22-13(2)18(24)23-16-6-4-5-7-17(16)26-19(20)21/h4-13,19,22H,1-3H3,(H,23,24)/t12-,13-,27-/m0/s1. The van der Waals surface area contributed by atoms with E-state index in [0.717, 1.165) is 10.5 Å². The predicted octanol–water partition coefficient (Wildman–Crippen LogP) is 3.70. The van der Waals surface area contributed by atoms with Gasteiger partial charge in [0, 0.05) is 28.0 Å². The van der Waals surface area contributed by atoms with Gasteiger partial charge in [0.15, 0.2) is 0 Å². The number of nitrogens with one attached hydrogen (secondary N) is 2. The minimum atomic E-state index is -2.97. The average molecular weight is 396 g/mol. The third-order valence-electron chi connectivity index (χ3n) is 3.97. The number of hydrogen-bond donors (Lipinski definition) is 2. The zero-order valence-corrected chi connectivity index (χ0v) is 16.1. The second-order valence-electron chi connectivity index (χ2n) is 6.00. The maximum absolute atomic E-state index is 12.5. The summed E-state index contributed by atoms with van der Waals surface area (Å²) < 4.78 is 40.8. The summed E-state index contributed by atoms with van der Waals surface area (Å²) >= 11 is 0. The molecule has 27 heavy (non-hydrogen) atoms. The monoisotopic (exact) mass is 396 g/mol. The number of benzene rings is 2. The topological polar surface area (TPSA) is 67.4 Å². The summed E-state index contributed by atoms with van der Waals surface area (Å²) in [7, 11) is -1.05. The molecular formula is C19H22F2N2O3S. The van der Waals surface area contributed by atoms with Crippen molar-refractivity contribution >= 4 is 22.4 Å². The van der Waals surface area contributed by atoms with Gasteiger partial charge < -0.3 is 10.1 Å². The third-order valence-corrected chi connectivity index (χ3v) is 4.90. The molecule has 0 aliphatic rings. The molecule has 0 radical (unpaired) electrons. The number of carbonyl (C=O) groups excluding carboxylic acids is 1. The smallest absolute Gasteiger partial charge is 0.387 e. The zero-order valence-electron chi connectivity index (χ0n) is 15.2. The molecule has 0 heterocycles. The first kappa shape index (κ1) is 21.0. The Hall–Kier alpha value is -2.32. The zero-order chi connectivity index (χ0) is 20.0. The van der Waals surface area contributed by atoms with Gasteiger partial charge in [-0.15, -0.1) is 0 Å². The van der Waals surface area contributed by atoms with E-state index >= 15 is 0 Å². The van der Waals surface area contributed by atoms with Crippen LogP contribution in [0.4, 0.5) is 14.5 Å². The highest BCUT2D eigenvalue weighted by molar-refractivity contribution is 7.84. The first-order chi connectivity index (χ1) is 12.8. The van der Waals surface area contributed by atoms with Crippen molar-refractivity contribution < 1.29 is 22.5 Å². The molecule has 0 aliphatic heterocycles. The van der Waals surface area contributed by atoms with E-state index in [0.29, 0.717) is 0 Å². The van der Waals surface area contributed by atoms with Crippen LogP contribution in [0.15, 0.2) is 53.4 Å². The molecule has 0 unspecified atom stereocenters. The van der Waals surface area contributed by atoms with Crippen LogP contribution in [-0.2, 0) is 15.6 Å². The quantitative estimate of drug-likeness (QED) is 0.714. The van der Waals surface area contributed by atoms with E-state index in [2.05, 4.69) is 15.4 Å². The second kappa shape index (κ2) is 9.57. The molecule has 2 aromatic carbocycles.